The van der Waals surface area contributed by atoms with E-state index in [1.165, 1.54) is 392 Å². The van der Waals surface area contributed by atoms with E-state index >= 15 is 0 Å². The molecule has 0 radical (unpaired) electrons. The number of unbranched alkanes of at least 4 members (excludes halogenated alkanes) is 58. The number of carboxylic acids is 1. The van der Waals surface area contributed by atoms with Crippen molar-refractivity contribution < 1.29 is 19.7 Å². The van der Waals surface area contributed by atoms with Crippen molar-refractivity contribution >= 4 is 5.97 Å². The van der Waals surface area contributed by atoms with Crippen LogP contribution < -0.4 is 0 Å². The summed E-state index contributed by atoms with van der Waals surface area (Å²) in [5.74, 6) is 0.125. The summed E-state index contributed by atoms with van der Waals surface area (Å²) in [7, 11) is 0. The highest BCUT2D eigenvalue weighted by molar-refractivity contribution is 5.70. The van der Waals surface area contributed by atoms with Crippen molar-refractivity contribution in [3.8, 4) is 0 Å². The second kappa shape index (κ2) is 66.5. The van der Waals surface area contributed by atoms with Gasteiger partial charge >= 0.3 is 5.97 Å². The number of ether oxygens (including phenoxy) is 1. The van der Waals surface area contributed by atoms with Crippen LogP contribution in [0, 0.1) is 17.8 Å². The Hall–Kier alpha value is -0.870. The number of carbonyl (C=O) groups is 1. The standard InChI is InChI=1S/C80H156O4/c1-5-7-9-11-13-15-17-19-21-22-23-24-27-30-34-41-47-53-59-65-71-76(80(82)83)77(81)72-66-60-54-48-42-35-31-28-25-26-29-32-38-44-50-56-62-68-74(3)69-63-57-51-45-39-36-37-43-49-55-61-67-73-78-79(84-78)75(4)70-64-58-52-46-40-33-20-18-16-14-12-10-8-6-2/h63,69,74-79,81H,5-62,64-68,70-73H2,1-4H3,(H,82,83)/t74-,75+,76+,77+,78+,79+/m0/s1. The largest absolute Gasteiger partial charge is 0.481 e. The summed E-state index contributed by atoms with van der Waals surface area (Å²) < 4.78 is 6.14. The van der Waals surface area contributed by atoms with Gasteiger partial charge in [0.25, 0.3) is 0 Å². The lowest BCUT2D eigenvalue weighted by atomic mass is 9.91. The van der Waals surface area contributed by atoms with Crippen molar-refractivity contribution in [2.24, 2.45) is 17.8 Å². The average Bonchev–Trinajstić information content (AvgIpc) is 4.49. The molecule has 2 N–H and O–H groups in total. The zero-order valence-corrected chi connectivity index (χ0v) is 58.2. The van der Waals surface area contributed by atoms with E-state index in [9.17, 15) is 15.0 Å². The van der Waals surface area contributed by atoms with Crippen LogP contribution in [-0.4, -0.2) is 34.5 Å². The molecule has 0 aromatic heterocycles. The Kier molecular flexibility index (Phi) is 64.3. The predicted molar refractivity (Wildman–Crippen MR) is 374 cm³/mol. The van der Waals surface area contributed by atoms with Gasteiger partial charge in [-0.25, -0.2) is 0 Å². The van der Waals surface area contributed by atoms with E-state index in [0.717, 1.165) is 37.5 Å². The van der Waals surface area contributed by atoms with Crippen LogP contribution in [-0.2, 0) is 9.53 Å². The molecule has 0 spiro atoms. The number of aliphatic hydroxyl groups is 1. The molecule has 1 aliphatic rings. The second-order valence-corrected chi connectivity index (χ2v) is 28.6. The molecule has 0 bridgehead atoms. The molecule has 6 atom stereocenters. The molecule has 0 unspecified atom stereocenters. The molecule has 0 saturated carbocycles. The Bertz CT molecular complexity index is 1300. The van der Waals surface area contributed by atoms with E-state index in [-0.39, 0.29) is 0 Å². The van der Waals surface area contributed by atoms with Gasteiger partial charge in [-0.15, -0.1) is 0 Å². The topological polar surface area (TPSA) is 70.1 Å². The Labute approximate surface area is 529 Å². The highest BCUT2D eigenvalue weighted by atomic mass is 16.6. The quantitative estimate of drug-likeness (QED) is 0.0362. The van der Waals surface area contributed by atoms with E-state index < -0.39 is 18.0 Å². The summed E-state index contributed by atoms with van der Waals surface area (Å²) >= 11 is 0. The lowest BCUT2D eigenvalue weighted by molar-refractivity contribution is -0.146. The normalized spacial score (nSPS) is 15.8. The monoisotopic (exact) mass is 1180 g/mol. The number of hydrogen-bond acceptors (Lipinski definition) is 3. The Morgan fingerprint density at radius 3 is 0.929 bits per heavy atom. The predicted octanol–water partition coefficient (Wildman–Crippen LogP) is 27.8. The lowest BCUT2D eigenvalue weighted by Gasteiger charge is -2.19. The summed E-state index contributed by atoms with van der Waals surface area (Å²) in [6.45, 7) is 9.48. The molecule has 4 nitrogen and oxygen atoms in total. The molecule has 500 valence electrons. The molecule has 0 amide bonds. The molecule has 1 aliphatic heterocycles. The minimum atomic E-state index is -0.801. The Balaban J connectivity index is 1.76. The summed E-state index contributed by atoms with van der Waals surface area (Å²) in [4.78, 5) is 11.9. The minimum Gasteiger partial charge on any atom is -0.481 e. The maximum atomic E-state index is 11.9. The van der Waals surface area contributed by atoms with Crippen LogP contribution in [0.1, 0.15) is 458 Å². The molecule has 0 aromatic carbocycles. The third-order valence-electron chi connectivity index (χ3n) is 20.1. The molecular weight excluding hydrogens is 1020 g/mol. The van der Waals surface area contributed by atoms with E-state index in [1.807, 2.05) is 0 Å². The Morgan fingerprint density at radius 1 is 0.345 bits per heavy atom. The number of rotatable bonds is 73. The number of aliphatic carboxylic acids is 1. The highest BCUT2D eigenvalue weighted by Gasteiger charge is 2.41. The second-order valence-electron chi connectivity index (χ2n) is 28.6. The first-order valence-corrected chi connectivity index (χ1v) is 39.6. The number of hydrogen-bond donors (Lipinski definition) is 2. The van der Waals surface area contributed by atoms with Gasteiger partial charge in [-0.05, 0) is 56.8 Å². The average molecular weight is 1180 g/mol. The van der Waals surface area contributed by atoms with Gasteiger partial charge in [-0.2, -0.15) is 0 Å². The highest BCUT2D eigenvalue weighted by Crippen LogP contribution is 2.36. The fourth-order valence-corrected chi connectivity index (χ4v) is 13.9. The van der Waals surface area contributed by atoms with E-state index in [4.69, 9.17) is 4.74 Å². The van der Waals surface area contributed by atoms with Crippen LogP contribution in [0.25, 0.3) is 0 Å². The molecule has 4 heteroatoms. The molecule has 1 saturated heterocycles. The first-order chi connectivity index (χ1) is 41.4. The lowest BCUT2D eigenvalue weighted by Crippen LogP contribution is -2.28. The van der Waals surface area contributed by atoms with Crippen LogP contribution in [0.3, 0.4) is 0 Å². The van der Waals surface area contributed by atoms with Gasteiger partial charge < -0.3 is 14.9 Å². The molecular formula is C80H156O4. The minimum absolute atomic E-state index is 0.581. The number of carboxylic acid groups (broad SMARTS) is 1. The third-order valence-corrected chi connectivity index (χ3v) is 20.1. The molecule has 0 aliphatic carbocycles. The van der Waals surface area contributed by atoms with Crippen molar-refractivity contribution in [1.82, 2.24) is 0 Å². The van der Waals surface area contributed by atoms with Crippen molar-refractivity contribution in [3.05, 3.63) is 12.2 Å². The third kappa shape index (κ3) is 58.8. The van der Waals surface area contributed by atoms with Crippen LogP contribution in [0.15, 0.2) is 12.2 Å². The molecule has 1 fully saturated rings. The van der Waals surface area contributed by atoms with Gasteiger partial charge in [0, 0.05) is 0 Å². The number of epoxide rings is 1. The number of allylic oxidation sites excluding steroid dienone is 2. The van der Waals surface area contributed by atoms with Gasteiger partial charge in [0.2, 0.25) is 0 Å². The summed E-state index contributed by atoms with van der Waals surface area (Å²) in [6.07, 6.45) is 96.4. The van der Waals surface area contributed by atoms with Crippen molar-refractivity contribution in [3.63, 3.8) is 0 Å². The zero-order chi connectivity index (χ0) is 60.5. The van der Waals surface area contributed by atoms with Crippen molar-refractivity contribution in [1.29, 1.82) is 0 Å². The van der Waals surface area contributed by atoms with E-state index in [0.29, 0.717) is 25.0 Å². The van der Waals surface area contributed by atoms with Gasteiger partial charge in [0.05, 0.1) is 24.2 Å². The molecule has 0 aromatic rings. The van der Waals surface area contributed by atoms with Crippen molar-refractivity contribution in [2.75, 3.05) is 0 Å². The van der Waals surface area contributed by atoms with Gasteiger partial charge in [-0.1, -0.05) is 425 Å². The van der Waals surface area contributed by atoms with Crippen LogP contribution in [0.4, 0.5) is 0 Å². The van der Waals surface area contributed by atoms with Gasteiger partial charge in [0.1, 0.15) is 0 Å². The number of aliphatic hydroxyl groups excluding tert-OH is 1. The molecule has 1 heterocycles. The van der Waals surface area contributed by atoms with Crippen LogP contribution >= 0.6 is 0 Å². The maximum Gasteiger partial charge on any atom is 0.309 e. The van der Waals surface area contributed by atoms with Crippen molar-refractivity contribution in [2.45, 2.75) is 476 Å². The smallest absolute Gasteiger partial charge is 0.309 e. The van der Waals surface area contributed by atoms with E-state index in [1.54, 1.807) is 0 Å². The summed E-state index contributed by atoms with van der Waals surface area (Å²) in [5.41, 5.74) is 0. The van der Waals surface area contributed by atoms with Crippen LogP contribution in [0.5, 0.6) is 0 Å². The zero-order valence-electron chi connectivity index (χ0n) is 58.2. The molecule has 1 rings (SSSR count). The first kappa shape index (κ1) is 81.1. The Morgan fingerprint density at radius 2 is 0.607 bits per heavy atom. The molecule has 84 heavy (non-hydrogen) atoms. The summed E-state index contributed by atoms with van der Waals surface area (Å²) in [5, 5.41) is 20.5. The SMILES string of the molecule is CCCCCCCCCCCCCCCCCCCCCC[C@@H](C(=O)O)[C@H](O)CCCCCCCCCCCCCCCCCCC[C@H](C)C=CCCCCCCCCCCCC[C@H]1O[C@@H]1[C@H](C)CCCCCCCCCCCCCCCC. The van der Waals surface area contributed by atoms with Crippen LogP contribution in [0.2, 0.25) is 0 Å². The maximum absolute atomic E-state index is 11.9. The summed E-state index contributed by atoms with van der Waals surface area (Å²) in [6, 6.07) is 0. The first-order valence-electron chi connectivity index (χ1n) is 39.6. The fourth-order valence-electron chi connectivity index (χ4n) is 13.9. The van der Waals surface area contributed by atoms with Gasteiger partial charge in [-0.3, -0.25) is 4.79 Å². The van der Waals surface area contributed by atoms with E-state index in [2.05, 4.69) is 39.8 Å². The van der Waals surface area contributed by atoms with Gasteiger partial charge in [0.15, 0.2) is 0 Å². The fraction of sp³-hybridized carbons (Fsp3) is 0.963.